The van der Waals surface area contributed by atoms with Crippen LogP contribution in [0.3, 0.4) is 0 Å². The van der Waals surface area contributed by atoms with E-state index in [-0.39, 0.29) is 0 Å². The Morgan fingerprint density at radius 1 is 0.938 bits per heavy atom. The highest BCUT2D eigenvalue weighted by Crippen LogP contribution is 2.36. The molecular formula is C26H18Cl2N2OS. The largest absolute Gasteiger partial charge is 0.497 e. The minimum atomic E-state index is 0.545. The number of benzene rings is 3. The quantitative estimate of drug-likeness (QED) is 0.265. The van der Waals surface area contributed by atoms with Gasteiger partial charge in [0, 0.05) is 26.9 Å². The highest BCUT2D eigenvalue weighted by atomic mass is 35.5. The summed E-state index contributed by atoms with van der Waals surface area (Å²) in [5.74, 6) is 1.34. The molecule has 0 saturated carbocycles. The lowest BCUT2D eigenvalue weighted by atomic mass is 9.99. The minimum absolute atomic E-state index is 0.545. The lowest BCUT2D eigenvalue weighted by molar-refractivity contribution is 0.415. The second kappa shape index (κ2) is 10.1. The molecule has 32 heavy (non-hydrogen) atoms. The van der Waals surface area contributed by atoms with Gasteiger partial charge < -0.3 is 4.74 Å². The summed E-state index contributed by atoms with van der Waals surface area (Å²) in [5, 5.41) is 11.9. The van der Waals surface area contributed by atoms with Gasteiger partial charge in [-0.2, -0.15) is 5.26 Å². The maximum absolute atomic E-state index is 10.0. The number of rotatable bonds is 6. The van der Waals surface area contributed by atoms with E-state index in [1.54, 1.807) is 13.2 Å². The summed E-state index contributed by atoms with van der Waals surface area (Å²) < 4.78 is 5.28. The van der Waals surface area contributed by atoms with Crippen LogP contribution in [-0.2, 0) is 5.75 Å². The van der Waals surface area contributed by atoms with Crippen molar-refractivity contribution in [3.63, 3.8) is 0 Å². The molecule has 0 aliphatic rings. The molecule has 0 saturated heterocycles. The first-order valence-electron chi connectivity index (χ1n) is 9.80. The molecule has 4 rings (SSSR count). The van der Waals surface area contributed by atoms with Gasteiger partial charge in [0.2, 0.25) is 0 Å². The fourth-order valence-electron chi connectivity index (χ4n) is 3.27. The molecule has 0 aliphatic carbocycles. The van der Waals surface area contributed by atoms with Crippen LogP contribution >= 0.6 is 35.0 Å². The Bertz CT molecular complexity index is 1290. The van der Waals surface area contributed by atoms with E-state index in [9.17, 15) is 5.26 Å². The van der Waals surface area contributed by atoms with Crippen molar-refractivity contribution in [2.45, 2.75) is 10.8 Å². The van der Waals surface area contributed by atoms with E-state index < -0.39 is 0 Å². The molecule has 0 atom stereocenters. The molecule has 0 amide bonds. The normalized spacial score (nSPS) is 10.6. The predicted molar refractivity (Wildman–Crippen MR) is 132 cm³/mol. The van der Waals surface area contributed by atoms with Gasteiger partial charge in [0.15, 0.2) is 0 Å². The van der Waals surface area contributed by atoms with E-state index in [2.05, 4.69) is 6.07 Å². The van der Waals surface area contributed by atoms with Gasteiger partial charge in [-0.15, -0.1) is 11.8 Å². The summed E-state index contributed by atoms with van der Waals surface area (Å²) in [6.45, 7) is 0. The van der Waals surface area contributed by atoms with E-state index in [0.717, 1.165) is 33.7 Å². The van der Waals surface area contributed by atoms with E-state index in [1.165, 1.54) is 11.8 Å². The first kappa shape index (κ1) is 22.2. The Morgan fingerprint density at radius 3 is 2.34 bits per heavy atom. The Balaban J connectivity index is 1.80. The molecule has 0 radical (unpaired) electrons. The van der Waals surface area contributed by atoms with E-state index in [1.807, 2.05) is 72.8 Å². The van der Waals surface area contributed by atoms with Crippen molar-refractivity contribution >= 4 is 35.0 Å². The highest BCUT2D eigenvalue weighted by Gasteiger charge is 2.16. The summed E-state index contributed by atoms with van der Waals surface area (Å²) >= 11 is 13.9. The molecule has 6 heteroatoms. The van der Waals surface area contributed by atoms with Crippen LogP contribution in [0.4, 0.5) is 0 Å². The van der Waals surface area contributed by atoms with Crippen LogP contribution < -0.4 is 4.74 Å². The number of pyridine rings is 1. The lowest BCUT2D eigenvalue weighted by Gasteiger charge is -2.13. The van der Waals surface area contributed by atoms with Gasteiger partial charge in [-0.1, -0.05) is 59.6 Å². The molecule has 4 aromatic rings. The number of halogens is 2. The predicted octanol–water partition coefficient (Wildman–Crippen LogP) is 7.89. The number of hydrogen-bond donors (Lipinski definition) is 0. The molecule has 0 fully saturated rings. The number of hydrogen-bond acceptors (Lipinski definition) is 4. The van der Waals surface area contributed by atoms with Crippen molar-refractivity contribution in [2.24, 2.45) is 0 Å². The molecule has 3 nitrogen and oxygen atoms in total. The lowest BCUT2D eigenvalue weighted by Crippen LogP contribution is -1.96. The van der Waals surface area contributed by atoms with Crippen molar-refractivity contribution in [2.75, 3.05) is 7.11 Å². The zero-order valence-electron chi connectivity index (χ0n) is 17.2. The molecule has 1 heterocycles. The smallest absolute Gasteiger partial charge is 0.118 e. The van der Waals surface area contributed by atoms with Crippen LogP contribution in [0.2, 0.25) is 10.0 Å². The van der Waals surface area contributed by atoms with E-state index >= 15 is 0 Å². The average Bonchev–Trinajstić information content (AvgIpc) is 2.83. The van der Waals surface area contributed by atoms with Gasteiger partial charge >= 0.3 is 0 Å². The number of nitriles is 1. The molecule has 1 aromatic heterocycles. The summed E-state index contributed by atoms with van der Waals surface area (Å²) in [4.78, 5) is 4.85. The van der Waals surface area contributed by atoms with Crippen molar-refractivity contribution in [1.82, 2.24) is 4.98 Å². The average molecular weight is 477 g/mol. The van der Waals surface area contributed by atoms with Crippen LogP contribution in [0, 0.1) is 11.3 Å². The third kappa shape index (κ3) is 4.92. The fourth-order valence-corrected chi connectivity index (χ4v) is 4.84. The standard InChI is InChI=1S/C26H18Cl2N2OS/c1-31-21-11-8-18(9-12-21)25-14-22(17-5-3-2-4-6-17)23(15-29)26(30-25)32-16-19-7-10-20(27)13-24(19)28/h2-14H,16H2,1H3. The highest BCUT2D eigenvalue weighted by molar-refractivity contribution is 7.98. The summed E-state index contributed by atoms with van der Waals surface area (Å²) in [5.41, 5.74) is 5.02. The second-order valence-electron chi connectivity index (χ2n) is 6.97. The minimum Gasteiger partial charge on any atom is -0.497 e. The number of methoxy groups -OCH3 is 1. The van der Waals surface area contributed by atoms with Crippen LogP contribution in [0.25, 0.3) is 22.4 Å². The Morgan fingerprint density at radius 2 is 1.69 bits per heavy atom. The molecule has 0 N–H and O–H groups in total. The van der Waals surface area contributed by atoms with Crippen LogP contribution in [0.15, 0.2) is 83.9 Å². The van der Waals surface area contributed by atoms with Gasteiger partial charge in [-0.05, 0) is 53.6 Å². The van der Waals surface area contributed by atoms with Gasteiger partial charge in [0.25, 0.3) is 0 Å². The van der Waals surface area contributed by atoms with Crippen LogP contribution in [-0.4, -0.2) is 12.1 Å². The van der Waals surface area contributed by atoms with Crippen LogP contribution in [0.5, 0.6) is 5.75 Å². The molecule has 158 valence electrons. The van der Waals surface area contributed by atoms with Crippen LogP contribution in [0.1, 0.15) is 11.1 Å². The first-order chi connectivity index (χ1) is 15.6. The topological polar surface area (TPSA) is 45.9 Å². The van der Waals surface area contributed by atoms with E-state index in [0.29, 0.717) is 26.4 Å². The summed E-state index contributed by atoms with van der Waals surface area (Å²) in [6, 6.07) is 27.4. The maximum Gasteiger partial charge on any atom is 0.118 e. The van der Waals surface area contributed by atoms with E-state index in [4.69, 9.17) is 32.9 Å². The van der Waals surface area contributed by atoms with Gasteiger partial charge in [0.05, 0.1) is 18.4 Å². The van der Waals surface area contributed by atoms with Gasteiger partial charge in [-0.3, -0.25) is 0 Å². The van der Waals surface area contributed by atoms with Crippen molar-refractivity contribution < 1.29 is 4.74 Å². The third-order valence-corrected chi connectivity index (χ3v) is 6.56. The zero-order valence-corrected chi connectivity index (χ0v) is 19.5. The third-order valence-electron chi connectivity index (χ3n) is 4.95. The summed E-state index contributed by atoms with van der Waals surface area (Å²) in [6.07, 6.45) is 0. The number of aromatic nitrogens is 1. The van der Waals surface area contributed by atoms with Crippen molar-refractivity contribution in [1.29, 1.82) is 5.26 Å². The van der Waals surface area contributed by atoms with Gasteiger partial charge in [0.1, 0.15) is 16.8 Å². The molecule has 0 aliphatic heterocycles. The van der Waals surface area contributed by atoms with Gasteiger partial charge in [-0.25, -0.2) is 4.98 Å². The Kier molecular flexibility index (Phi) is 7.02. The monoisotopic (exact) mass is 476 g/mol. The van der Waals surface area contributed by atoms with Crippen molar-refractivity contribution in [3.05, 3.63) is 100 Å². The Hall–Kier alpha value is -2.97. The fraction of sp³-hybridized carbons (Fsp3) is 0.0769. The first-order valence-corrected chi connectivity index (χ1v) is 11.5. The molecule has 3 aromatic carbocycles. The Labute approximate surface area is 201 Å². The summed E-state index contributed by atoms with van der Waals surface area (Å²) in [7, 11) is 1.64. The number of nitrogens with zero attached hydrogens (tertiary/aromatic N) is 2. The second-order valence-corrected chi connectivity index (χ2v) is 8.77. The SMILES string of the molecule is COc1ccc(-c2cc(-c3ccccc3)c(C#N)c(SCc3ccc(Cl)cc3Cl)n2)cc1. The molecule has 0 spiro atoms. The molecule has 0 unspecified atom stereocenters. The zero-order chi connectivity index (χ0) is 22.5. The molecule has 0 bridgehead atoms. The number of thioether (sulfide) groups is 1. The number of ether oxygens (including phenoxy) is 1. The molecular weight excluding hydrogens is 459 g/mol. The van der Waals surface area contributed by atoms with Crippen molar-refractivity contribution in [3.8, 4) is 34.2 Å². The maximum atomic E-state index is 10.0.